The van der Waals surface area contributed by atoms with Gasteiger partial charge >= 0.3 is 0 Å². The largest absolute Gasteiger partial charge is 0.396 e. The Hall–Kier alpha value is -2.24. The van der Waals surface area contributed by atoms with Gasteiger partial charge in [0.1, 0.15) is 11.6 Å². The summed E-state index contributed by atoms with van der Waals surface area (Å²) in [5.41, 5.74) is 6.06. The van der Waals surface area contributed by atoms with Crippen LogP contribution in [0.4, 0.5) is 10.1 Å². The summed E-state index contributed by atoms with van der Waals surface area (Å²) in [7, 11) is 0. The molecule has 0 aliphatic heterocycles. The molecule has 0 unspecified atom stereocenters. The molecular weight excluding hydrogens is 237 g/mol. The van der Waals surface area contributed by atoms with Crippen molar-refractivity contribution in [1.29, 1.82) is 0 Å². The molecule has 0 aliphatic carbocycles. The minimum atomic E-state index is -0.487. The number of anilines is 1. The highest BCUT2D eigenvalue weighted by molar-refractivity contribution is 5.75. The molecule has 5 nitrogen and oxygen atoms in total. The molecule has 1 aromatic carbocycles. The van der Waals surface area contributed by atoms with Crippen molar-refractivity contribution < 1.29 is 13.7 Å². The Balaban J connectivity index is 2.18. The number of nitrogens with zero attached hydrogens (tertiary/aromatic N) is 2. The molecule has 0 fully saturated rings. The molecule has 0 bridgehead atoms. The van der Waals surface area contributed by atoms with Gasteiger partial charge in [0, 0.05) is 18.4 Å². The van der Waals surface area contributed by atoms with Gasteiger partial charge in [-0.2, -0.15) is 4.98 Å². The second kappa shape index (κ2) is 4.95. The summed E-state index contributed by atoms with van der Waals surface area (Å²) >= 11 is 0. The normalized spacial score (nSPS) is 10.6. The van der Waals surface area contributed by atoms with Crippen molar-refractivity contribution in [2.24, 2.45) is 0 Å². The standard InChI is InChI=1S/C12H12FN3O2/c1-7(17)2-5-11-15-12(16-18-11)8-3-4-9(13)10(14)6-8/h3-4,6H,2,5,14H2,1H3. The first-order chi connectivity index (χ1) is 8.56. The van der Waals surface area contributed by atoms with Crippen LogP contribution >= 0.6 is 0 Å². The highest BCUT2D eigenvalue weighted by Gasteiger charge is 2.10. The number of aryl methyl sites for hydroxylation is 1. The number of hydrogen-bond donors (Lipinski definition) is 1. The summed E-state index contributed by atoms with van der Waals surface area (Å²) in [4.78, 5) is 14.9. The van der Waals surface area contributed by atoms with Crippen LogP contribution in [0.3, 0.4) is 0 Å². The Bertz CT molecular complexity index is 580. The van der Waals surface area contributed by atoms with Crippen LogP contribution in [0.1, 0.15) is 19.2 Å². The van der Waals surface area contributed by atoms with Crippen LogP contribution in [0.2, 0.25) is 0 Å². The summed E-state index contributed by atoms with van der Waals surface area (Å²) in [6.07, 6.45) is 0.756. The number of nitrogen functional groups attached to an aromatic ring is 1. The van der Waals surface area contributed by atoms with Gasteiger partial charge in [-0.25, -0.2) is 4.39 Å². The number of benzene rings is 1. The zero-order valence-corrected chi connectivity index (χ0v) is 9.81. The molecule has 2 N–H and O–H groups in total. The molecule has 2 rings (SSSR count). The Labute approximate surface area is 103 Å². The fourth-order valence-corrected chi connectivity index (χ4v) is 1.44. The van der Waals surface area contributed by atoms with Gasteiger partial charge in [0.25, 0.3) is 0 Å². The van der Waals surface area contributed by atoms with Crippen molar-refractivity contribution in [3.8, 4) is 11.4 Å². The second-order valence-electron chi connectivity index (χ2n) is 3.95. The molecular formula is C12H12FN3O2. The fraction of sp³-hybridized carbons (Fsp3) is 0.250. The molecule has 0 aliphatic rings. The number of Topliss-reactive ketones (excluding diaryl/α,β-unsaturated/α-hetero) is 1. The highest BCUT2D eigenvalue weighted by Crippen LogP contribution is 2.21. The predicted molar refractivity (Wildman–Crippen MR) is 63.1 cm³/mol. The highest BCUT2D eigenvalue weighted by atomic mass is 19.1. The van der Waals surface area contributed by atoms with Crippen LogP contribution in [0.5, 0.6) is 0 Å². The van der Waals surface area contributed by atoms with Gasteiger partial charge in [-0.05, 0) is 25.1 Å². The van der Waals surface area contributed by atoms with E-state index in [1.807, 2.05) is 0 Å². The van der Waals surface area contributed by atoms with Crippen LogP contribution in [0.15, 0.2) is 22.7 Å². The van der Waals surface area contributed by atoms with Gasteiger partial charge in [-0.1, -0.05) is 5.16 Å². The van der Waals surface area contributed by atoms with Crippen LogP contribution in [-0.2, 0) is 11.2 Å². The van der Waals surface area contributed by atoms with Gasteiger partial charge in [0.15, 0.2) is 0 Å². The van der Waals surface area contributed by atoms with E-state index in [4.69, 9.17) is 10.3 Å². The zero-order valence-electron chi connectivity index (χ0n) is 9.81. The maximum atomic E-state index is 13.0. The second-order valence-corrected chi connectivity index (χ2v) is 3.95. The topological polar surface area (TPSA) is 82.0 Å². The smallest absolute Gasteiger partial charge is 0.227 e. The average molecular weight is 249 g/mol. The first-order valence-corrected chi connectivity index (χ1v) is 5.43. The first-order valence-electron chi connectivity index (χ1n) is 5.43. The predicted octanol–water partition coefficient (Wildman–Crippen LogP) is 1.98. The molecule has 6 heteroatoms. The molecule has 1 aromatic heterocycles. The molecule has 0 amide bonds. The number of hydrogen-bond acceptors (Lipinski definition) is 5. The van der Waals surface area contributed by atoms with Crippen molar-refractivity contribution in [3.63, 3.8) is 0 Å². The molecule has 94 valence electrons. The molecule has 0 radical (unpaired) electrons. The van der Waals surface area contributed by atoms with E-state index >= 15 is 0 Å². The van der Waals surface area contributed by atoms with Gasteiger partial charge in [-0.3, -0.25) is 0 Å². The van der Waals surface area contributed by atoms with Gasteiger partial charge in [0.05, 0.1) is 5.69 Å². The van der Waals surface area contributed by atoms with Crippen molar-refractivity contribution in [2.75, 3.05) is 5.73 Å². The first kappa shape index (κ1) is 12.2. The van der Waals surface area contributed by atoms with Gasteiger partial charge < -0.3 is 15.1 Å². The number of carbonyl (C=O) groups is 1. The third-order valence-electron chi connectivity index (χ3n) is 2.41. The summed E-state index contributed by atoms with van der Waals surface area (Å²) in [5, 5.41) is 3.76. The lowest BCUT2D eigenvalue weighted by molar-refractivity contribution is -0.117. The van der Waals surface area contributed by atoms with Crippen molar-refractivity contribution in [1.82, 2.24) is 10.1 Å². The van der Waals surface area contributed by atoms with E-state index in [1.54, 1.807) is 0 Å². The van der Waals surface area contributed by atoms with Crippen LogP contribution in [-0.4, -0.2) is 15.9 Å². The van der Waals surface area contributed by atoms with Crippen molar-refractivity contribution in [2.45, 2.75) is 19.8 Å². The Morgan fingerprint density at radius 2 is 2.28 bits per heavy atom. The van der Waals surface area contributed by atoms with E-state index in [1.165, 1.54) is 25.1 Å². The monoisotopic (exact) mass is 249 g/mol. The summed E-state index contributed by atoms with van der Waals surface area (Å²) < 4.78 is 18.0. The minimum Gasteiger partial charge on any atom is -0.396 e. The Kier molecular flexibility index (Phi) is 3.36. The van der Waals surface area contributed by atoms with E-state index in [0.29, 0.717) is 30.1 Å². The lowest BCUT2D eigenvalue weighted by Gasteiger charge is -1.97. The third-order valence-corrected chi connectivity index (χ3v) is 2.41. The number of rotatable bonds is 4. The van der Waals surface area contributed by atoms with E-state index in [0.717, 1.165) is 0 Å². The number of ketones is 1. The Morgan fingerprint density at radius 3 is 2.94 bits per heavy atom. The fourth-order valence-electron chi connectivity index (χ4n) is 1.44. The number of halogens is 1. The van der Waals surface area contributed by atoms with E-state index in [-0.39, 0.29) is 11.5 Å². The number of nitrogens with two attached hydrogens (primary N) is 1. The summed E-state index contributed by atoms with van der Waals surface area (Å²) in [5.74, 6) is 0.281. The van der Waals surface area contributed by atoms with Crippen LogP contribution in [0.25, 0.3) is 11.4 Å². The van der Waals surface area contributed by atoms with E-state index in [9.17, 15) is 9.18 Å². The zero-order chi connectivity index (χ0) is 13.1. The quantitative estimate of drug-likeness (QED) is 0.838. The van der Waals surface area contributed by atoms with Crippen molar-refractivity contribution in [3.05, 3.63) is 29.9 Å². The van der Waals surface area contributed by atoms with Gasteiger partial charge in [-0.15, -0.1) is 0 Å². The molecule has 0 saturated heterocycles. The third kappa shape index (κ3) is 2.71. The van der Waals surface area contributed by atoms with E-state index < -0.39 is 5.82 Å². The molecule has 18 heavy (non-hydrogen) atoms. The molecule has 1 heterocycles. The molecule has 0 spiro atoms. The minimum absolute atomic E-state index is 0.0302. The number of carbonyl (C=O) groups excluding carboxylic acids is 1. The van der Waals surface area contributed by atoms with Crippen LogP contribution in [0, 0.1) is 5.82 Å². The Morgan fingerprint density at radius 1 is 1.50 bits per heavy atom. The molecule has 0 saturated carbocycles. The van der Waals surface area contributed by atoms with Crippen molar-refractivity contribution >= 4 is 11.5 Å². The molecule has 0 atom stereocenters. The summed E-state index contributed by atoms with van der Waals surface area (Å²) in [6.45, 7) is 1.50. The lowest BCUT2D eigenvalue weighted by Crippen LogP contribution is -1.94. The van der Waals surface area contributed by atoms with Gasteiger partial charge in [0.2, 0.25) is 11.7 Å². The number of aromatic nitrogens is 2. The maximum Gasteiger partial charge on any atom is 0.227 e. The lowest BCUT2D eigenvalue weighted by atomic mass is 10.2. The molecule has 2 aromatic rings. The SMILES string of the molecule is CC(=O)CCc1nc(-c2ccc(F)c(N)c2)no1. The maximum absolute atomic E-state index is 13.0. The van der Waals surface area contributed by atoms with E-state index in [2.05, 4.69) is 10.1 Å². The average Bonchev–Trinajstić information content (AvgIpc) is 2.79. The van der Waals surface area contributed by atoms with Crippen LogP contribution < -0.4 is 5.73 Å². The summed E-state index contributed by atoms with van der Waals surface area (Å²) in [6, 6.07) is 4.20.